The molecule has 1 N–H and O–H groups in total. The molecular formula is C19H20N4O5. The van der Waals surface area contributed by atoms with Crippen LogP contribution in [0.3, 0.4) is 0 Å². The Kier molecular flexibility index (Phi) is 5.73. The van der Waals surface area contributed by atoms with Gasteiger partial charge >= 0.3 is 0 Å². The van der Waals surface area contributed by atoms with Gasteiger partial charge in [0.05, 0.1) is 11.1 Å². The Bertz CT molecular complexity index is 975. The normalized spacial score (nSPS) is 10.6. The SMILES string of the molecule is CCn1ncc(CNC(=O)c2ccc(COc3ccc([N+](=O)[O-])cc3)o2)c1C. The number of hydrogen-bond acceptors (Lipinski definition) is 6. The second kappa shape index (κ2) is 8.38. The third-order valence-electron chi connectivity index (χ3n) is 4.26. The van der Waals surface area contributed by atoms with Crippen molar-refractivity contribution < 1.29 is 18.9 Å². The zero-order valence-electron chi connectivity index (χ0n) is 15.5. The summed E-state index contributed by atoms with van der Waals surface area (Å²) in [6.07, 6.45) is 1.74. The maximum absolute atomic E-state index is 12.3. The largest absolute Gasteiger partial charge is 0.486 e. The molecule has 0 radical (unpaired) electrons. The summed E-state index contributed by atoms with van der Waals surface area (Å²) in [6.45, 7) is 5.20. The smallest absolute Gasteiger partial charge is 0.287 e. The number of hydrogen-bond donors (Lipinski definition) is 1. The van der Waals surface area contributed by atoms with E-state index in [2.05, 4.69) is 10.4 Å². The van der Waals surface area contributed by atoms with E-state index in [1.807, 2.05) is 18.5 Å². The fourth-order valence-corrected chi connectivity index (χ4v) is 2.64. The fourth-order valence-electron chi connectivity index (χ4n) is 2.64. The quantitative estimate of drug-likeness (QED) is 0.471. The number of nitro groups is 1. The van der Waals surface area contributed by atoms with Crippen LogP contribution in [0.5, 0.6) is 5.75 Å². The molecule has 2 aromatic heterocycles. The molecule has 9 heteroatoms. The maximum atomic E-state index is 12.3. The molecule has 0 aliphatic carbocycles. The molecule has 0 aliphatic rings. The molecule has 3 aromatic rings. The summed E-state index contributed by atoms with van der Waals surface area (Å²) in [4.78, 5) is 22.4. The zero-order chi connectivity index (χ0) is 20.1. The van der Waals surface area contributed by atoms with Crippen LogP contribution in [-0.4, -0.2) is 20.6 Å². The van der Waals surface area contributed by atoms with E-state index >= 15 is 0 Å². The van der Waals surface area contributed by atoms with E-state index in [4.69, 9.17) is 9.15 Å². The molecule has 0 fully saturated rings. The van der Waals surface area contributed by atoms with Gasteiger partial charge in [-0.1, -0.05) is 0 Å². The first-order valence-electron chi connectivity index (χ1n) is 8.73. The van der Waals surface area contributed by atoms with Crippen molar-refractivity contribution in [2.24, 2.45) is 0 Å². The molecule has 0 saturated carbocycles. The van der Waals surface area contributed by atoms with Crippen LogP contribution >= 0.6 is 0 Å². The predicted octanol–water partition coefficient (Wildman–Crippen LogP) is 3.22. The van der Waals surface area contributed by atoms with Gasteiger partial charge in [0.1, 0.15) is 18.1 Å². The van der Waals surface area contributed by atoms with Crippen LogP contribution < -0.4 is 10.1 Å². The molecule has 0 unspecified atom stereocenters. The van der Waals surface area contributed by atoms with Crippen molar-refractivity contribution in [3.63, 3.8) is 0 Å². The van der Waals surface area contributed by atoms with Crippen LogP contribution in [0, 0.1) is 17.0 Å². The number of nitrogens with one attached hydrogen (secondary N) is 1. The number of nitrogens with zero attached hydrogens (tertiary/aromatic N) is 3. The summed E-state index contributed by atoms with van der Waals surface area (Å²) in [7, 11) is 0. The molecule has 0 aliphatic heterocycles. The highest BCUT2D eigenvalue weighted by Gasteiger charge is 2.13. The lowest BCUT2D eigenvalue weighted by atomic mass is 10.2. The Balaban J connectivity index is 1.53. The van der Waals surface area contributed by atoms with Crippen LogP contribution in [0.2, 0.25) is 0 Å². The minimum Gasteiger partial charge on any atom is -0.486 e. The summed E-state index contributed by atoms with van der Waals surface area (Å²) in [5.41, 5.74) is 1.95. The highest BCUT2D eigenvalue weighted by Crippen LogP contribution is 2.19. The third-order valence-corrected chi connectivity index (χ3v) is 4.26. The Morgan fingerprint density at radius 3 is 2.68 bits per heavy atom. The minimum atomic E-state index is -0.476. The molecule has 0 bridgehead atoms. The Labute approximate surface area is 161 Å². The number of benzene rings is 1. The van der Waals surface area contributed by atoms with Crippen molar-refractivity contribution in [1.29, 1.82) is 0 Å². The van der Waals surface area contributed by atoms with E-state index in [0.717, 1.165) is 17.8 Å². The lowest BCUT2D eigenvalue weighted by Crippen LogP contribution is -2.22. The zero-order valence-corrected chi connectivity index (χ0v) is 15.5. The van der Waals surface area contributed by atoms with Gasteiger partial charge in [0.25, 0.3) is 11.6 Å². The molecular weight excluding hydrogens is 364 g/mol. The van der Waals surface area contributed by atoms with E-state index in [9.17, 15) is 14.9 Å². The van der Waals surface area contributed by atoms with Gasteiger partial charge in [0.15, 0.2) is 5.76 Å². The number of furan rings is 1. The molecule has 1 aromatic carbocycles. The number of aryl methyl sites for hydroxylation is 1. The van der Waals surface area contributed by atoms with Crippen molar-refractivity contribution in [3.8, 4) is 5.75 Å². The van der Waals surface area contributed by atoms with Gasteiger partial charge in [-0.05, 0) is 38.1 Å². The molecule has 0 spiro atoms. The maximum Gasteiger partial charge on any atom is 0.287 e. The summed E-state index contributed by atoms with van der Waals surface area (Å²) in [5.74, 6) is 0.794. The van der Waals surface area contributed by atoms with Crippen LogP contribution in [-0.2, 0) is 19.7 Å². The van der Waals surface area contributed by atoms with Gasteiger partial charge in [-0.25, -0.2) is 0 Å². The first-order valence-corrected chi connectivity index (χ1v) is 8.73. The highest BCUT2D eigenvalue weighted by atomic mass is 16.6. The second-order valence-electron chi connectivity index (χ2n) is 6.06. The van der Waals surface area contributed by atoms with Crippen molar-refractivity contribution >= 4 is 11.6 Å². The molecule has 0 saturated heterocycles. The number of rotatable bonds is 8. The Hall–Kier alpha value is -3.62. The van der Waals surface area contributed by atoms with Crippen LogP contribution in [0.1, 0.15) is 34.5 Å². The molecule has 146 valence electrons. The standard InChI is InChI=1S/C19H20N4O5/c1-3-22-13(2)14(11-21-22)10-20-19(24)18-9-8-17(28-18)12-27-16-6-4-15(5-7-16)23(25)26/h4-9,11H,3,10,12H2,1-2H3,(H,20,24). The van der Waals surface area contributed by atoms with Crippen LogP contribution in [0.4, 0.5) is 5.69 Å². The molecule has 1 amide bonds. The number of carbonyl (C=O) groups excluding carboxylic acids is 1. The first kappa shape index (κ1) is 19.2. The van der Waals surface area contributed by atoms with Crippen LogP contribution in [0.25, 0.3) is 0 Å². The van der Waals surface area contributed by atoms with Crippen molar-refractivity contribution in [1.82, 2.24) is 15.1 Å². The third kappa shape index (κ3) is 4.37. The summed E-state index contributed by atoms with van der Waals surface area (Å²) in [6, 6.07) is 8.96. The van der Waals surface area contributed by atoms with E-state index < -0.39 is 4.92 Å². The molecule has 0 atom stereocenters. The Morgan fingerprint density at radius 2 is 2.04 bits per heavy atom. The summed E-state index contributed by atoms with van der Waals surface area (Å²) in [5, 5.41) is 17.7. The van der Waals surface area contributed by atoms with Gasteiger partial charge in [0, 0.05) is 36.5 Å². The minimum absolute atomic E-state index is 0.0102. The number of amides is 1. The molecule has 3 rings (SSSR count). The molecule has 28 heavy (non-hydrogen) atoms. The van der Waals surface area contributed by atoms with Gasteiger partial charge in [-0.2, -0.15) is 5.10 Å². The Morgan fingerprint density at radius 1 is 1.29 bits per heavy atom. The van der Waals surface area contributed by atoms with Gasteiger partial charge in [0.2, 0.25) is 0 Å². The lowest BCUT2D eigenvalue weighted by molar-refractivity contribution is -0.384. The topological polar surface area (TPSA) is 112 Å². The monoisotopic (exact) mass is 384 g/mol. The number of aromatic nitrogens is 2. The van der Waals surface area contributed by atoms with Crippen LogP contribution in [0.15, 0.2) is 47.0 Å². The fraction of sp³-hybridized carbons (Fsp3) is 0.263. The number of non-ortho nitro benzene ring substituents is 1. The van der Waals surface area contributed by atoms with Gasteiger partial charge in [-0.3, -0.25) is 19.6 Å². The average molecular weight is 384 g/mol. The average Bonchev–Trinajstić information content (AvgIpc) is 3.31. The summed E-state index contributed by atoms with van der Waals surface area (Å²) < 4.78 is 12.9. The van der Waals surface area contributed by atoms with Crippen molar-refractivity contribution in [2.75, 3.05) is 0 Å². The van der Waals surface area contributed by atoms with Crippen molar-refractivity contribution in [2.45, 2.75) is 33.5 Å². The lowest BCUT2D eigenvalue weighted by Gasteiger charge is -2.05. The first-order chi connectivity index (χ1) is 13.5. The predicted molar refractivity (Wildman–Crippen MR) is 99.9 cm³/mol. The van der Waals surface area contributed by atoms with E-state index in [1.54, 1.807) is 18.3 Å². The number of carbonyl (C=O) groups is 1. The highest BCUT2D eigenvalue weighted by molar-refractivity contribution is 5.91. The van der Waals surface area contributed by atoms with E-state index in [0.29, 0.717) is 18.1 Å². The van der Waals surface area contributed by atoms with E-state index in [-0.39, 0.29) is 24.0 Å². The van der Waals surface area contributed by atoms with Gasteiger partial charge < -0.3 is 14.5 Å². The van der Waals surface area contributed by atoms with E-state index in [1.165, 1.54) is 24.3 Å². The molecule has 2 heterocycles. The van der Waals surface area contributed by atoms with Gasteiger partial charge in [-0.15, -0.1) is 0 Å². The number of nitro benzene ring substituents is 1. The van der Waals surface area contributed by atoms with Crippen molar-refractivity contribution in [3.05, 3.63) is 75.5 Å². The number of ether oxygens (including phenoxy) is 1. The molecule has 9 nitrogen and oxygen atoms in total. The summed E-state index contributed by atoms with van der Waals surface area (Å²) >= 11 is 0. The second-order valence-corrected chi connectivity index (χ2v) is 6.06.